The van der Waals surface area contributed by atoms with Crippen LogP contribution in [0.2, 0.25) is 0 Å². The number of ether oxygens (including phenoxy) is 1. The molecule has 0 atom stereocenters. The average molecular weight is 246 g/mol. The molecular formula is C12H20ClNO2. The Morgan fingerprint density at radius 3 is 2.69 bits per heavy atom. The van der Waals surface area contributed by atoms with Crippen molar-refractivity contribution in [1.82, 2.24) is 4.90 Å². The number of amides is 1. The summed E-state index contributed by atoms with van der Waals surface area (Å²) in [6.07, 6.45) is 4.40. The summed E-state index contributed by atoms with van der Waals surface area (Å²) >= 11 is 5.62. The third-order valence-corrected chi connectivity index (χ3v) is 3.10. The molecule has 1 aliphatic carbocycles. The maximum atomic E-state index is 11.7. The highest BCUT2D eigenvalue weighted by Crippen LogP contribution is 2.27. The molecule has 0 spiro atoms. The van der Waals surface area contributed by atoms with Crippen molar-refractivity contribution in [3.8, 4) is 0 Å². The Bertz CT molecular complexity index is 276. The number of carbonyl (C=O) groups is 1. The van der Waals surface area contributed by atoms with Gasteiger partial charge < -0.3 is 4.74 Å². The molecule has 4 heteroatoms. The first-order valence-electron chi connectivity index (χ1n) is 5.83. The molecule has 16 heavy (non-hydrogen) atoms. The Hall–Kier alpha value is -0.540. The van der Waals surface area contributed by atoms with E-state index in [0.29, 0.717) is 13.3 Å². The van der Waals surface area contributed by atoms with E-state index in [9.17, 15) is 4.79 Å². The van der Waals surface area contributed by atoms with Gasteiger partial charge in [-0.2, -0.15) is 0 Å². The molecule has 0 radical (unpaired) electrons. The zero-order valence-corrected chi connectivity index (χ0v) is 10.8. The van der Waals surface area contributed by atoms with Crippen molar-refractivity contribution in [2.45, 2.75) is 39.5 Å². The molecule has 0 N–H and O–H groups in total. The fourth-order valence-corrected chi connectivity index (χ4v) is 2.11. The van der Waals surface area contributed by atoms with Gasteiger partial charge in [0.15, 0.2) is 0 Å². The van der Waals surface area contributed by atoms with E-state index in [1.807, 2.05) is 6.92 Å². The van der Waals surface area contributed by atoms with Gasteiger partial charge in [0.2, 0.25) is 5.91 Å². The van der Waals surface area contributed by atoms with Crippen LogP contribution in [0.1, 0.15) is 39.5 Å². The lowest BCUT2D eigenvalue weighted by Gasteiger charge is -2.29. The zero-order chi connectivity index (χ0) is 12.0. The Labute approximate surface area is 102 Å². The monoisotopic (exact) mass is 245 g/mol. The molecule has 0 bridgehead atoms. The molecular weight excluding hydrogens is 226 g/mol. The normalized spacial score (nSPS) is 16.4. The second kappa shape index (κ2) is 6.92. The average Bonchev–Trinajstić information content (AvgIpc) is 2.31. The van der Waals surface area contributed by atoms with Gasteiger partial charge in [0.25, 0.3) is 0 Å². The third-order valence-electron chi connectivity index (χ3n) is 2.87. The van der Waals surface area contributed by atoms with Gasteiger partial charge in [-0.05, 0) is 39.5 Å². The van der Waals surface area contributed by atoms with Gasteiger partial charge in [-0.25, -0.2) is 0 Å². The molecule has 0 aromatic carbocycles. The van der Waals surface area contributed by atoms with E-state index in [1.54, 1.807) is 4.90 Å². The lowest BCUT2D eigenvalue weighted by molar-refractivity contribution is -0.131. The second-order valence-electron chi connectivity index (χ2n) is 4.01. The van der Waals surface area contributed by atoms with Crippen LogP contribution in [0, 0.1) is 0 Å². The van der Waals surface area contributed by atoms with Gasteiger partial charge >= 0.3 is 0 Å². The molecule has 1 rings (SSSR count). The molecule has 1 amide bonds. The van der Waals surface area contributed by atoms with Crippen LogP contribution in [-0.2, 0) is 9.53 Å². The van der Waals surface area contributed by atoms with E-state index >= 15 is 0 Å². The summed E-state index contributed by atoms with van der Waals surface area (Å²) in [6, 6.07) is 0. The van der Waals surface area contributed by atoms with Crippen LogP contribution in [0.25, 0.3) is 0 Å². The van der Waals surface area contributed by atoms with Gasteiger partial charge in [0, 0.05) is 12.3 Å². The van der Waals surface area contributed by atoms with Crippen molar-refractivity contribution in [2.75, 3.05) is 19.2 Å². The minimum atomic E-state index is -0.0635. The van der Waals surface area contributed by atoms with Gasteiger partial charge in [-0.15, -0.1) is 11.6 Å². The lowest BCUT2D eigenvalue weighted by Crippen LogP contribution is -2.34. The number of alkyl halides is 1. The Morgan fingerprint density at radius 2 is 2.12 bits per heavy atom. The third kappa shape index (κ3) is 3.49. The Morgan fingerprint density at radius 1 is 1.44 bits per heavy atom. The van der Waals surface area contributed by atoms with Gasteiger partial charge in [0.1, 0.15) is 12.6 Å². The molecule has 0 fully saturated rings. The topological polar surface area (TPSA) is 29.5 Å². The van der Waals surface area contributed by atoms with Crippen LogP contribution in [0.5, 0.6) is 0 Å². The van der Waals surface area contributed by atoms with E-state index in [1.165, 1.54) is 12.0 Å². The zero-order valence-electron chi connectivity index (χ0n) is 10.1. The molecule has 1 aliphatic rings. The SMILES string of the molecule is CCOCN(C(=O)CCl)C1=C(C)CCCC1. The lowest BCUT2D eigenvalue weighted by atomic mass is 9.97. The van der Waals surface area contributed by atoms with Gasteiger partial charge in [-0.1, -0.05) is 5.57 Å². The van der Waals surface area contributed by atoms with Crippen molar-refractivity contribution in [2.24, 2.45) is 0 Å². The Balaban J connectivity index is 2.77. The first kappa shape index (κ1) is 13.5. The summed E-state index contributed by atoms with van der Waals surface area (Å²) in [5.74, 6) is -0.0458. The number of halogens is 1. The first-order chi connectivity index (χ1) is 7.70. The van der Waals surface area contributed by atoms with Crippen molar-refractivity contribution < 1.29 is 9.53 Å². The fourth-order valence-electron chi connectivity index (χ4n) is 1.96. The predicted molar refractivity (Wildman–Crippen MR) is 65.2 cm³/mol. The van der Waals surface area contributed by atoms with Gasteiger partial charge in [0.05, 0.1) is 0 Å². The first-order valence-corrected chi connectivity index (χ1v) is 6.36. The van der Waals surface area contributed by atoms with E-state index in [2.05, 4.69) is 6.92 Å². The summed E-state index contributed by atoms with van der Waals surface area (Å²) in [5.41, 5.74) is 2.41. The van der Waals surface area contributed by atoms with Crippen molar-refractivity contribution in [1.29, 1.82) is 0 Å². The molecule has 0 saturated carbocycles. The van der Waals surface area contributed by atoms with Gasteiger partial charge in [-0.3, -0.25) is 9.69 Å². The molecule has 3 nitrogen and oxygen atoms in total. The number of nitrogens with zero attached hydrogens (tertiary/aromatic N) is 1. The van der Waals surface area contributed by atoms with Crippen LogP contribution in [-0.4, -0.2) is 30.0 Å². The maximum absolute atomic E-state index is 11.7. The van der Waals surface area contributed by atoms with Crippen molar-refractivity contribution in [3.05, 3.63) is 11.3 Å². The van der Waals surface area contributed by atoms with Crippen LogP contribution in [0.4, 0.5) is 0 Å². The summed E-state index contributed by atoms with van der Waals surface area (Å²) in [5, 5.41) is 0. The molecule has 0 saturated heterocycles. The van der Waals surface area contributed by atoms with Crippen LogP contribution in [0.3, 0.4) is 0 Å². The minimum Gasteiger partial charge on any atom is -0.361 e. The van der Waals surface area contributed by atoms with Crippen LogP contribution >= 0.6 is 11.6 Å². The fraction of sp³-hybridized carbons (Fsp3) is 0.750. The van der Waals surface area contributed by atoms with Crippen LogP contribution < -0.4 is 0 Å². The summed E-state index contributed by atoms with van der Waals surface area (Å²) < 4.78 is 5.33. The highest BCUT2D eigenvalue weighted by molar-refractivity contribution is 6.27. The van der Waals surface area contributed by atoms with E-state index < -0.39 is 0 Å². The quantitative estimate of drug-likeness (QED) is 0.551. The second-order valence-corrected chi connectivity index (χ2v) is 4.28. The predicted octanol–water partition coefficient (Wildman–Crippen LogP) is 2.90. The summed E-state index contributed by atoms with van der Waals surface area (Å²) in [6.45, 7) is 4.95. The molecule has 0 aromatic heterocycles. The van der Waals surface area contributed by atoms with Crippen molar-refractivity contribution in [3.63, 3.8) is 0 Å². The summed E-state index contributed by atoms with van der Waals surface area (Å²) in [7, 11) is 0. The van der Waals surface area contributed by atoms with Crippen LogP contribution in [0.15, 0.2) is 11.3 Å². The standard InChI is InChI=1S/C12H20ClNO2/c1-3-16-9-14(12(15)8-13)11-7-5-4-6-10(11)2/h3-9H2,1-2H3. The Kier molecular flexibility index (Phi) is 5.85. The number of allylic oxidation sites excluding steroid dienone is 2. The smallest absolute Gasteiger partial charge is 0.243 e. The number of hydrogen-bond acceptors (Lipinski definition) is 2. The van der Waals surface area contributed by atoms with E-state index in [0.717, 1.165) is 25.0 Å². The number of rotatable bonds is 5. The molecule has 0 aromatic rings. The molecule has 0 heterocycles. The number of carbonyl (C=O) groups excluding carboxylic acids is 1. The van der Waals surface area contributed by atoms with Crippen molar-refractivity contribution >= 4 is 17.5 Å². The molecule has 92 valence electrons. The number of hydrogen-bond donors (Lipinski definition) is 0. The highest BCUT2D eigenvalue weighted by Gasteiger charge is 2.21. The highest BCUT2D eigenvalue weighted by atomic mass is 35.5. The maximum Gasteiger partial charge on any atom is 0.243 e. The minimum absolute atomic E-state index is 0.0177. The molecule has 0 aliphatic heterocycles. The molecule has 0 unspecified atom stereocenters. The largest absolute Gasteiger partial charge is 0.361 e. The van der Waals surface area contributed by atoms with E-state index in [4.69, 9.17) is 16.3 Å². The van der Waals surface area contributed by atoms with E-state index in [-0.39, 0.29) is 11.8 Å². The summed E-state index contributed by atoms with van der Waals surface area (Å²) in [4.78, 5) is 13.4.